The number of aromatic nitrogens is 2. The summed E-state index contributed by atoms with van der Waals surface area (Å²) in [6.45, 7) is 5.31. The molecule has 4 nitrogen and oxygen atoms in total. The molecule has 5 heteroatoms. The van der Waals surface area contributed by atoms with Gasteiger partial charge < -0.3 is 0 Å². The van der Waals surface area contributed by atoms with Crippen molar-refractivity contribution in [1.29, 1.82) is 0 Å². The van der Waals surface area contributed by atoms with Crippen LogP contribution in [0.3, 0.4) is 0 Å². The van der Waals surface area contributed by atoms with Crippen LogP contribution in [0.4, 0.5) is 0 Å². The van der Waals surface area contributed by atoms with Gasteiger partial charge in [-0.15, -0.1) is 0 Å². The zero-order valence-electron chi connectivity index (χ0n) is 10.1. The minimum Gasteiger partial charge on any atom is -0.271 e. The van der Waals surface area contributed by atoms with Gasteiger partial charge in [0.15, 0.2) is 0 Å². The first kappa shape index (κ1) is 13.5. The Bertz CT molecular complexity index is 287. The smallest absolute Gasteiger partial charge is 0.0719 e. The molecule has 0 fully saturated rings. The molecule has 0 radical (unpaired) electrons. The summed E-state index contributed by atoms with van der Waals surface area (Å²) in [7, 11) is 0. The molecule has 1 aromatic heterocycles. The van der Waals surface area contributed by atoms with Gasteiger partial charge in [0.05, 0.1) is 11.7 Å². The molecule has 16 heavy (non-hydrogen) atoms. The van der Waals surface area contributed by atoms with Crippen LogP contribution in [0.2, 0.25) is 0 Å². The van der Waals surface area contributed by atoms with Gasteiger partial charge in [0.25, 0.3) is 0 Å². The predicted molar refractivity (Wildman–Crippen MR) is 70.2 cm³/mol. The minimum absolute atomic E-state index is 0.200. The van der Waals surface area contributed by atoms with Crippen LogP contribution in [0.15, 0.2) is 12.3 Å². The normalized spacial score (nSPS) is 12.9. The van der Waals surface area contributed by atoms with Crippen molar-refractivity contribution in [3.05, 3.63) is 18.0 Å². The van der Waals surface area contributed by atoms with Gasteiger partial charge in [0, 0.05) is 18.5 Å². The van der Waals surface area contributed by atoms with Crippen LogP contribution >= 0.6 is 11.8 Å². The number of nitrogens with zero attached hydrogens (tertiary/aromatic N) is 2. The molecule has 0 saturated carbocycles. The summed E-state index contributed by atoms with van der Waals surface area (Å²) < 4.78 is 2.04. The summed E-state index contributed by atoms with van der Waals surface area (Å²) in [5.41, 5.74) is 4.07. The Morgan fingerprint density at radius 3 is 2.94 bits per heavy atom. The van der Waals surface area contributed by atoms with Crippen molar-refractivity contribution in [2.75, 3.05) is 11.5 Å². The van der Waals surface area contributed by atoms with E-state index in [2.05, 4.69) is 24.4 Å². The van der Waals surface area contributed by atoms with E-state index in [0.29, 0.717) is 0 Å². The number of nitrogens with one attached hydrogen (secondary N) is 1. The fourth-order valence-electron chi connectivity index (χ4n) is 1.60. The molecule has 3 N–H and O–H groups in total. The van der Waals surface area contributed by atoms with Crippen molar-refractivity contribution in [3.8, 4) is 0 Å². The van der Waals surface area contributed by atoms with Crippen LogP contribution in [0.5, 0.6) is 0 Å². The van der Waals surface area contributed by atoms with Gasteiger partial charge in [-0.25, -0.2) is 0 Å². The molecular formula is C11H22N4S. The summed E-state index contributed by atoms with van der Waals surface area (Å²) >= 11 is 1.93. The van der Waals surface area contributed by atoms with Crippen LogP contribution in [0, 0.1) is 0 Å². The predicted octanol–water partition coefficient (Wildman–Crippen LogP) is 1.94. The molecule has 1 atom stereocenters. The lowest BCUT2D eigenvalue weighted by Crippen LogP contribution is -2.31. The van der Waals surface area contributed by atoms with E-state index >= 15 is 0 Å². The number of hydrogen-bond acceptors (Lipinski definition) is 4. The van der Waals surface area contributed by atoms with Crippen LogP contribution in [0.25, 0.3) is 0 Å². The van der Waals surface area contributed by atoms with Crippen LogP contribution in [0.1, 0.15) is 38.4 Å². The molecule has 1 unspecified atom stereocenters. The molecule has 0 aliphatic carbocycles. The van der Waals surface area contributed by atoms with Gasteiger partial charge >= 0.3 is 0 Å². The maximum absolute atomic E-state index is 5.61. The van der Waals surface area contributed by atoms with E-state index in [-0.39, 0.29) is 6.04 Å². The summed E-state index contributed by atoms with van der Waals surface area (Å²) in [5.74, 6) is 7.79. The fraction of sp³-hybridized carbons (Fsp3) is 0.727. The third-order valence-corrected chi connectivity index (χ3v) is 3.64. The van der Waals surface area contributed by atoms with Crippen LogP contribution < -0.4 is 11.3 Å². The van der Waals surface area contributed by atoms with Gasteiger partial charge in [-0.3, -0.25) is 16.0 Å². The molecule has 0 amide bonds. The Balaban J connectivity index is 2.59. The number of aryl methyl sites for hydroxylation is 1. The van der Waals surface area contributed by atoms with E-state index in [9.17, 15) is 0 Å². The quantitative estimate of drug-likeness (QED) is 0.415. The lowest BCUT2D eigenvalue weighted by atomic mass is 10.2. The Morgan fingerprint density at radius 1 is 1.50 bits per heavy atom. The average Bonchev–Trinajstić information content (AvgIpc) is 2.73. The van der Waals surface area contributed by atoms with Crippen molar-refractivity contribution in [1.82, 2.24) is 15.2 Å². The second-order valence-electron chi connectivity index (χ2n) is 3.77. The second-order valence-corrected chi connectivity index (χ2v) is 4.92. The topological polar surface area (TPSA) is 55.9 Å². The number of rotatable bonds is 8. The van der Waals surface area contributed by atoms with E-state index in [4.69, 9.17) is 5.84 Å². The molecule has 0 aliphatic heterocycles. The SMILES string of the molecule is CCCSCC(NN)c1ccnn1CCC. The zero-order chi connectivity index (χ0) is 11.8. The number of nitrogens with two attached hydrogens (primary N) is 1. The van der Waals surface area contributed by atoms with E-state index in [0.717, 1.165) is 18.7 Å². The molecule has 1 aromatic rings. The molecule has 1 heterocycles. The van der Waals surface area contributed by atoms with Crippen LogP contribution in [-0.4, -0.2) is 21.3 Å². The molecule has 0 aliphatic rings. The Kier molecular flexibility index (Phi) is 6.52. The highest BCUT2D eigenvalue weighted by Gasteiger charge is 2.14. The van der Waals surface area contributed by atoms with Crippen LogP contribution in [-0.2, 0) is 6.54 Å². The third kappa shape index (κ3) is 3.81. The maximum Gasteiger partial charge on any atom is 0.0719 e. The lowest BCUT2D eigenvalue weighted by Gasteiger charge is -2.17. The minimum atomic E-state index is 0.200. The zero-order valence-corrected chi connectivity index (χ0v) is 11.0. The van der Waals surface area contributed by atoms with Gasteiger partial charge in [0.1, 0.15) is 0 Å². The van der Waals surface area contributed by atoms with E-state index in [1.54, 1.807) is 0 Å². The second kappa shape index (κ2) is 7.70. The average molecular weight is 242 g/mol. The largest absolute Gasteiger partial charge is 0.271 e. The van der Waals surface area contributed by atoms with Crippen molar-refractivity contribution in [2.45, 2.75) is 39.3 Å². The number of hydrazine groups is 1. The number of hydrogen-bond donors (Lipinski definition) is 2. The molecule has 1 rings (SSSR count). The van der Waals surface area contributed by atoms with Gasteiger partial charge in [-0.1, -0.05) is 13.8 Å². The lowest BCUT2D eigenvalue weighted by molar-refractivity contribution is 0.508. The summed E-state index contributed by atoms with van der Waals surface area (Å²) in [6.07, 6.45) is 4.14. The monoisotopic (exact) mass is 242 g/mol. The van der Waals surface area contributed by atoms with Crippen molar-refractivity contribution < 1.29 is 0 Å². The first-order valence-electron chi connectivity index (χ1n) is 5.89. The third-order valence-electron chi connectivity index (χ3n) is 2.38. The highest BCUT2D eigenvalue weighted by atomic mass is 32.2. The van der Waals surface area contributed by atoms with Crippen molar-refractivity contribution in [3.63, 3.8) is 0 Å². The fourth-order valence-corrected chi connectivity index (χ4v) is 2.56. The Morgan fingerprint density at radius 2 is 2.31 bits per heavy atom. The molecule has 0 bridgehead atoms. The first-order valence-corrected chi connectivity index (χ1v) is 7.04. The van der Waals surface area contributed by atoms with Gasteiger partial charge in [-0.05, 0) is 24.7 Å². The molecule has 0 aromatic carbocycles. The summed E-state index contributed by atoms with van der Waals surface area (Å²) in [4.78, 5) is 0. The highest BCUT2D eigenvalue weighted by Crippen LogP contribution is 2.18. The van der Waals surface area contributed by atoms with Crippen molar-refractivity contribution in [2.24, 2.45) is 5.84 Å². The molecule has 0 saturated heterocycles. The Labute approximate surface area is 102 Å². The number of thioether (sulfide) groups is 1. The molecule has 0 spiro atoms. The summed E-state index contributed by atoms with van der Waals surface area (Å²) in [6, 6.07) is 2.25. The standard InChI is InChI=1S/C11H22N4S/c1-3-7-15-11(5-6-13-15)10(14-12)9-16-8-4-2/h5-6,10,14H,3-4,7-9,12H2,1-2H3. The van der Waals surface area contributed by atoms with E-state index in [1.165, 1.54) is 17.9 Å². The first-order chi connectivity index (χ1) is 7.83. The highest BCUT2D eigenvalue weighted by molar-refractivity contribution is 7.99. The molecular weight excluding hydrogens is 220 g/mol. The molecule has 92 valence electrons. The van der Waals surface area contributed by atoms with E-state index in [1.807, 2.05) is 28.7 Å². The van der Waals surface area contributed by atoms with E-state index < -0.39 is 0 Å². The summed E-state index contributed by atoms with van der Waals surface area (Å²) in [5, 5.41) is 4.31. The van der Waals surface area contributed by atoms with Gasteiger partial charge in [-0.2, -0.15) is 16.9 Å². The van der Waals surface area contributed by atoms with Crippen molar-refractivity contribution >= 4 is 11.8 Å². The van der Waals surface area contributed by atoms with Gasteiger partial charge in [0.2, 0.25) is 0 Å². The Hall–Kier alpha value is -0.520. The maximum atomic E-state index is 5.61.